The van der Waals surface area contributed by atoms with Gasteiger partial charge in [-0.05, 0) is 36.9 Å². The molecular weight excluding hydrogens is 274 g/mol. The zero-order valence-corrected chi connectivity index (χ0v) is 12.7. The Bertz CT molecular complexity index is 840. The minimum Gasteiger partial charge on any atom is -0.486 e. The minimum atomic E-state index is -0.00139. The van der Waals surface area contributed by atoms with E-state index in [9.17, 15) is 4.79 Å². The zero-order valence-electron chi connectivity index (χ0n) is 12.7. The fourth-order valence-corrected chi connectivity index (χ4v) is 2.49. The van der Waals surface area contributed by atoms with Gasteiger partial charge in [0.15, 0.2) is 5.78 Å². The van der Waals surface area contributed by atoms with Gasteiger partial charge in [0, 0.05) is 11.6 Å². The number of rotatable bonds is 4. The third-order valence-corrected chi connectivity index (χ3v) is 3.73. The number of Topliss-reactive ketones (excluding diaryl/α,β-unsaturated/α-hetero) is 1. The summed E-state index contributed by atoms with van der Waals surface area (Å²) in [6.45, 7) is 3.91. The number of hydrogen-bond donors (Lipinski definition) is 0. The van der Waals surface area contributed by atoms with Gasteiger partial charge in [-0.2, -0.15) is 0 Å². The Morgan fingerprint density at radius 1 is 1.09 bits per heavy atom. The molecule has 0 N–H and O–H groups in total. The molecule has 0 saturated carbocycles. The summed E-state index contributed by atoms with van der Waals surface area (Å²) in [7, 11) is 0. The summed E-state index contributed by atoms with van der Waals surface area (Å²) in [6.07, 6.45) is 1.75. The van der Waals surface area contributed by atoms with E-state index in [1.807, 2.05) is 55.5 Å². The van der Waals surface area contributed by atoms with Crippen LogP contribution in [-0.2, 0) is 6.61 Å². The number of ether oxygens (including phenoxy) is 1. The molecule has 0 bridgehead atoms. The van der Waals surface area contributed by atoms with E-state index in [0.717, 1.165) is 22.0 Å². The van der Waals surface area contributed by atoms with Crippen molar-refractivity contribution in [3.8, 4) is 5.75 Å². The number of carbonyl (C=O) groups excluding carboxylic acids is 1. The second-order valence-electron chi connectivity index (χ2n) is 5.28. The van der Waals surface area contributed by atoms with Crippen LogP contribution >= 0.6 is 0 Å². The van der Waals surface area contributed by atoms with Gasteiger partial charge in [0.1, 0.15) is 12.4 Å². The van der Waals surface area contributed by atoms with E-state index in [1.165, 1.54) is 0 Å². The molecule has 3 aromatic rings. The van der Waals surface area contributed by atoms with Crippen molar-refractivity contribution >= 4 is 16.6 Å². The van der Waals surface area contributed by atoms with E-state index in [1.54, 1.807) is 13.1 Å². The molecule has 1 aromatic heterocycles. The van der Waals surface area contributed by atoms with Gasteiger partial charge in [0.25, 0.3) is 0 Å². The predicted octanol–water partition coefficient (Wildman–Crippen LogP) is 4.32. The quantitative estimate of drug-likeness (QED) is 0.672. The number of aryl methyl sites for hydroxylation is 1. The molecule has 0 saturated heterocycles. The highest BCUT2D eigenvalue weighted by atomic mass is 16.5. The number of benzene rings is 2. The van der Waals surface area contributed by atoms with Crippen molar-refractivity contribution in [3.05, 3.63) is 71.5 Å². The summed E-state index contributed by atoms with van der Waals surface area (Å²) in [5, 5.41) is 2.00. The Hall–Kier alpha value is -2.68. The predicted molar refractivity (Wildman–Crippen MR) is 87.3 cm³/mol. The van der Waals surface area contributed by atoms with Gasteiger partial charge in [-0.1, -0.05) is 36.4 Å². The maximum atomic E-state index is 11.9. The lowest BCUT2D eigenvalue weighted by atomic mass is 10.0. The lowest BCUT2D eigenvalue weighted by molar-refractivity contribution is 0.101. The third kappa shape index (κ3) is 2.70. The van der Waals surface area contributed by atoms with Gasteiger partial charge in [0.2, 0.25) is 0 Å². The molecule has 2 aromatic carbocycles. The number of carbonyl (C=O) groups is 1. The Morgan fingerprint density at radius 3 is 2.68 bits per heavy atom. The van der Waals surface area contributed by atoms with Crippen molar-refractivity contribution in [1.29, 1.82) is 0 Å². The monoisotopic (exact) mass is 291 g/mol. The fraction of sp³-hybridized carbons (Fsp3) is 0.158. The van der Waals surface area contributed by atoms with Crippen LogP contribution in [0.2, 0.25) is 0 Å². The van der Waals surface area contributed by atoms with Gasteiger partial charge in [0.05, 0.1) is 11.3 Å². The Morgan fingerprint density at radius 2 is 1.91 bits per heavy atom. The van der Waals surface area contributed by atoms with Crippen molar-refractivity contribution in [2.75, 3.05) is 0 Å². The molecule has 0 amide bonds. The normalized spacial score (nSPS) is 10.6. The average Bonchev–Trinajstić information content (AvgIpc) is 2.53. The molecule has 0 aliphatic carbocycles. The molecule has 0 spiro atoms. The Labute approximate surface area is 129 Å². The Balaban J connectivity index is 2.03. The molecule has 3 nitrogen and oxygen atoms in total. The van der Waals surface area contributed by atoms with Gasteiger partial charge in [-0.15, -0.1) is 0 Å². The van der Waals surface area contributed by atoms with E-state index in [4.69, 9.17) is 4.74 Å². The van der Waals surface area contributed by atoms with E-state index in [-0.39, 0.29) is 5.78 Å². The first kappa shape index (κ1) is 14.3. The minimum absolute atomic E-state index is 0.00139. The molecule has 3 rings (SSSR count). The number of pyridine rings is 1. The van der Waals surface area contributed by atoms with Gasteiger partial charge < -0.3 is 4.74 Å². The van der Waals surface area contributed by atoms with Crippen molar-refractivity contribution in [2.24, 2.45) is 0 Å². The summed E-state index contributed by atoms with van der Waals surface area (Å²) >= 11 is 0. The van der Waals surface area contributed by atoms with Gasteiger partial charge >= 0.3 is 0 Å². The summed E-state index contributed by atoms with van der Waals surface area (Å²) in [4.78, 5) is 16.2. The van der Waals surface area contributed by atoms with E-state index in [0.29, 0.717) is 17.9 Å². The molecule has 22 heavy (non-hydrogen) atoms. The Kier molecular flexibility index (Phi) is 3.88. The number of fused-ring (bicyclic) bond motifs is 1. The third-order valence-electron chi connectivity index (χ3n) is 3.73. The number of ketones is 1. The zero-order chi connectivity index (χ0) is 15.5. The standard InChI is InChI=1S/C19H17NO2/c1-13-6-5-11-20-18(13)12-22-19-16(14(2)21)10-9-15-7-3-4-8-17(15)19/h3-11H,12H2,1-2H3. The number of hydrogen-bond acceptors (Lipinski definition) is 3. The van der Waals surface area contributed by atoms with Crippen LogP contribution in [0.15, 0.2) is 54.7 Å². The van der Waals surface area contributed by atoms with Crippen LogP contribution in [0, 0.1) is 6.92 Å². The topological polar surface area (TPSA) is 39.2 Å². The maximum Gasteiger partial charge on any atom is 0.163 e. The molecule has 0 radical (unpaired) electrons. The van der Waals surface area contributed by atoms with Crippen LogP contribution in [0.5, 0.6) is 5.75 Å². The van der Waals surface area contributed by atoms with Crippen molar-refractivity contribution in [1.82, 2.24) is 4.98 Å². The van der Waals surface area contributed by atoms with E-state index >= 15 is 0 Å². The van der Waals surface area contributed by atoms with Crippen LogP contribution in [0.25, 0.3) is 10.8 Å². The first-order chi connectivity index (χ1) is 10.7. The molecule has 0 unspecified atom stereocenters. The SMILES string of the molecule is CC(=O)c1ccc2ccccc2c1OCc1ncccc1C. The summed E-state index contributed by atoms with van der Waals surface area (Å²) < 4.78 is 6.00. The van der Waals surface area contributed by atoms with Crippen molar-refractivity contribution in [2.45, 2.75) is 20.5 Å². The molecule has 1 heterocycles. The molecule has 3 heteroatoms. The largest absolute Gasteiger partial charge is 0.486 e. The molecule has 0 fully saturated rings. The van der Waals surface area contributed by atoms with Crippen LogP contribution in [0.1, 0.15) is 28.5 Å². The lowest BCUT2D eigenvalue weighted by Gasteiger charge is -2.13. The molecular formula is C19H17NO2. The number of aromatic nitrogens is 1. The highest BCUT2D eigenvalue weighted by molar-refractivity contribution is 6.03. The molecule has 0 aliphatic heterocycles. The van der Waals surface area contributed by atoms with Crippen LogP contribution in [0.4, 0.5) is 0 Å². The smallest absolute Gasteiger partial charge is 0.163 e. The van der Waals surface area contributed by atoms with Gasteiger partial charge in [-0.3, -0.25) is 9.78 Å². The summed E-state index contributed by atoms with van der Waals surface area (Å²) in [5.74, 6) is 0.633. The van der Waals surface area contributed by atoms with E-state index < -0.39 is 0 Å². The second kappa shape index (κ2) is 5.98. The van der Waals surface area contributed by atoms with Crippen molar-refractivity contribution < 1.29 is 9.53 Å². The highest BCUT2D eigenvalue weighted by Gasteiger charge is 2.13. The van der Waals surface area contributed by atoms with Crippen molar-refractivity contribution in [3.63, 3.8) is 0 Å². The fourth-order valence-electron chi connectivity index (χ4n) is 2.49. The molecule has 0 atom stereocenters. The second-order valence-corrected chi connectivity index (χ2v) is 5.28. The highest BCUT2D eigenvalue weighted by Crippen LogP contribution is 2.31. The van der Waals surface area contributed by atoms with Crippen LogP contribution < -0.4 is 4.74 Å². The van der Waals surface area contributed by atoms with E-state index in [2.05, 4.69) is 4.98 Å². The summed E-state index contributed by atoms with van der Waals surface area (Å²) in [6, 6.07) is 15.6. The number of nitrogens with zero attached hydrogens (tertiary/aromatic N) is 1. The average molecular weight is 291 g/mol. The van der Waals surface area contributed by atoms with Crippen LogP contribution in [0.3, 0.4) is 0 Å². The molecule has 110 valence electrons. The van der Waals surface area contributed by atoms with Gasteiger partial charge in [-0.25, -0.2) is 0 Å². The maximum absolute atomic E-state index is 11.9. The first-order valence-electron chi connectivity index (χ1n) is 7.23. The summed E-state index contributed by atoms with van der Waals surface area (Å²) in [5.41, 5.74) is 2.56. The molecule has 0 aliphatic rings. The first-order valence-corrected chi connectivity index (χ1v) is 7.23. The lowest BCUT2D eigenvalue weighted by Crippen LogP contribution is -2.05. The van der Waals surface area contributed by atoms with Crippen LogP contribution in [-0.4, -0.2) is 10.8 Å².